The van der Waals surface area contributed by atoms with Gasteiger partial charge in [-0.1, -0.05) is 12.1 Å². The van der Waals surface area contributed by atoms with Crippen molar-refractivity contribution < 1.29 is 13.9 Å². The van der Waals surface area contributed by atoms with E-state index >= 15 is 0 Å². The van der Waals surface area contributed by atoms with Crippen molar-refractivity contribution in [2.45, 2.75) is 13.0 Å². The van der Waals surface area contributed by atoms with Crippen molar-refractivity contribution in [1.29, 1.82) is 0 Å². The molecule has 3 N–H and O–H groups in total. The molecule has 0 spiro atoms. The molecule has 0 aliphatic rings. The molecule has 4 nitrogen and oxygen atoms in total. The van der Waals surface area contributed by atoms with E-state index in [1.165, 1.54) is 12.1 Å². The van der Waals surface area contributed by atoms with E-state index in [-0.39, 0.29) is 5.82 Å². The summed E-state index contributed by atoms with van der Waals surface area (Å²) in [5.74, 6) is -0.189. The van der Waals surface area contributed by atoms with Gasteiger partial charge in [-0.25, -0.2) is 4.39 Å². The van der Waals surface area contributed by atoms with Crippen molar-refractivity contribution in [2.24, 2.45) is 5.73 Å². The number of rotatable bonds is 5. The lowest BCUT2D eigenvalue weighted by Crippen LogP contribution is -2.27. The number of primary amides is 1. The quantitative estimate of drug-likeness (QED) is 0.889. The van der Waals surface area contributed by atoms with Gasteiger partial charge in [-0.3, -0.25) is 4.79 Å². The first-order chi connectivity index (χ1) is 10.0. The van der Waals surface area contributed by atoms with Gasteiger partial charge in [-0.05, 0) is 48.4 Å². The molecule has 0 bridgehead atoms. The van der Waals surface area contributed by atoms with Gasteiger partial charge < -0.3 is 15.8 Å². The Kier molecular flexibility index (Phi) is 4.42. The summed E-state index contributed by atoms with van der Waals surface area (Å²) in [6, 6.07) is 10.5. The van der Waals surface area contributed by atoms with E-state index in [9.17, 15) is 9.18 Å². The molecular weight excluding hydrogens is 271 g/mol. The molecule has 110 valence electrons. The Hall–Kier alpha value is -2.56. The fraction of sp³-hybridized carbons (Fsp3) is 0.188. The van der Waals surface area contributed by atoms with E-state index in [4.69, 9.17) is 10.5 Å². The summed E-state index contributed by atoms with van der Waals surface area (Å²) in [4.78, 5) is 11.7. The van der Waals surface area contributed by atoms with Crippen molar-refractivity contribution in [3.05, 3.63) is 59.4 Å². The number of carbonyl (C=O) groups excluding carboxylic acids is 1. The third kappa shape index (κ3) is 3.51. The zero-order chi connectivity index (χ0) is 15.4. The van der Waals surface area contributed by atoms with Crippen LogP contribution in [0.5, 0.6) is 5.75 Å². The Bertz CT molecular complexity index is 658. The number of anilines is 1. The topological polar surface area (TPSA) is 64.3 Å². The summed E-state index contributed by atoms with van der Waals surface area (Å²) in [5.41, 5.74) is 7.53. The van der Waals surface area contributed by atoms with Crippen LogP contribution in [-0.2, 0) is 4.79 Å². The predicted octanol–water partition coefficient (Wildman–Crippen LogP) is 2.78. The van der Waals surface area contributed by atoms with Crippen LogP contribution in [0, 0.1) is 12.7 Å². The lowest BCUT2D eigenvalue weighted by Gasteiger charge is -2.18. The first kappa shape index (κ1) is 14.8. The van der Waals surface area contributed by atoms with Crippen molar-refractivity contribution in [3.63, 3.8) is 0 Å². The van der Waals surface area contributed by atoms with Gasteiger partial charge in [0.1, 0.15) is 17.6 Å². The number of halogens is 1. The molecule has 0 fully saturated rings. The van der Waals surface area contributed by atoms with Gasteiger partial charge in [-0.2, -0.15) is 0 Å². The number of nitrogens with two attached hydrogens (primary N) is 1. The lowest BCUT2D eigenvalue weighted by atomic mass is 10.0. The minimum Gasteiger partial charge on any atom is -0.496 e. The van der Waals surface area contributed by atoms with Crippen molar-refractivity contribution in [2.75, 3.05) is 12.4 Å². The summed E-state index contributed by atoms with van der Waals surface area (Å²) in [6.07, 6.45) is 0. The lowest BCUT2D eigenvalue weighted by molar-refractivity contribution is -0.118. The standard InChI is InChI=1S/C16H17FN2O2/c1-10-8-11(6-7-14(10)21-2)15(16(18)20)19-13-5-3-4-12(17)9-13/h3-9,15,19H,1-2H3,(H2,18,20). The van der Waals surface area contributed by atoms with E-state index in [0.29, 0.717) is 11.3 Å². The molecule has 0 heterocycles. The number of methoxy groups -OCH3 is 1. The van der Waals surface area contributed by atoms with Gasteiger partial charge in [0, 0.05) is 5.69 Å². The maximum atomic E-state index is 13.2. The van der Waals surface area contributed by atoms with Crippen LogP contribution in [0.25, 0.3) is 0 Å². The summed E-state index contributed by atoms with van der Waals surface area (Å²) in [5, 5.41) is 2.94. The number of amides is 1. The molecule has 2 aromatic carbocycles. The van der Waals surface area contributed by atoms with E-state index < -0.39 is 11.9 Å². The highest BCUT2D eigenvalue weighted by molar-refractivity contribution is 5.84. The number of hydrogen-bond acceptors (Lipinski definition) is 3. The summed E-state index contributed by atoms with van der Waals surface area (Å²) >= 11 is 0. The molecule has 2 rings (SSSR count). The highest BCUT2D eigenvalue weighted by atomic mass is 19.1. The number of aryl methyl sites for hydroxylation is 1. The normalized spacial score (nSPS) is 11.8. The van der Waals surface area contributed by atoms with Gasteiger partial charge >= 0.3 is 0 Å². The average Bonchev–Trinajstić information content (AvgIpc) is 2.44. The van der Waals surface area contributed by atoms with Crippen molar-refractivity contribution in [3.8, 4) is 5.75 Å². The van der Waals surface area contributed by atoms with Crippen molar-refractivity contribution in [1.82, 2.24) is 0 Å². The van der Waals surface area contributed by atoms with Crippen molar-refractivity contribution >= 4 is 11.6 Å². The third-order valence-electron chi connectivity index (χ3n) is 3.17. The van der Waals surface area contributed by atoms with Crippen LogP contribution in [0.3, 0.4) is 0 Å². The van der Waals surface area contributed by atoms with Crippen LogP contribution in [0.1, 0.15) is 17.2 Å². The van der Waals surface area contributed by atoms with Crippen LogP contribution in [0.15, 0.2) is 42.5 Å². The first-order valence-electron chi connectivity index (χ1n) is 6.47. The molecule has 21 heavy (non-hydrogen) atoms. The number of hydrogen-bond donors (Lipinski definition) is 2. The molecule has 5 heteroatoms. The molecule has 0 aliphatic heterocycles. The average molecular weight is 288 g/mol. The Labute approximate surface area is 122 Å². The Balaban J connectivity index is 2.31. The zero-order valence-electron chi connectivity index (χ0n) is 11.9. The molecule has 0 saturated carbocycles. The number of carbonyl (C=O) groups is 1. The van der Waals surface area contributed by atoms with E-state index in [1.54, 1.807) is 31.4 Å². The van der Waals surface area contributed by atoms with Crippen LogP contribution < -0.4 is 15.8 Å². The highest BCUT2D eigenvalue weighted by Crippen LogP contribution is 2.25. The monoisotopic (exact) mass is 288 g/mol. The molecule has 0 radical (unpaired) electrons. The second-order valence-corrected chi connectivity index (χ2v) is 4.72. The SMILES string of the molecule is COc1ccc(C(Nc2cccc(F)c2)C(N)=O)cc1C. The second kappa shape index (κ2) is 6.26. The maximum Gasteiger partial charge on any atom is 0.244 e. The molecule has 1 atom stereocenters. The Morgan fingerprint density at radius 2 is 2.05 bits per heavy atom. The second-order valence-electron chi connectivity index (χ2n) is 4.72. The fourth-order valence-corrected chi connectivity index (χ4v) is 2.14. The fourth-order valence-electron chi connectivity index (χ4n) is 2.14. The maximum absolute atomic E-state index is 13.2. The summed E-state index contributed by atoms with van der Waals surface area (Å²) < 4.78 is 18.4. The summed E-state index contributed by atoms with van der Waals surface area (Å²) in [6.45, 7) is 1.88. The minimum absolute atomic E-state index is 0.380. The Morgan fingerprint density at radius 3 is 2.62 bits per heavy atom. The largest absolute Gasteiger partial charge is 0.496 e. The van der Waals surface area contributed by atoms with Crippen LogP contribution in [0.4, 0.5) is 10.1 Å². The van der Waals surface area contributed by atoms with Crippen LogP contribution in [-0.4, -0.2) is 13.0 Å². The smallest absolute Gasteiger partial charge is 0.244 e. The summed E-state index contributed by atoms with van der Waals surface area (Å²) in [7, 11) is 1.58. The first-order valence-corrected chi connectivity index (χ1v) is 6.47. The highest BCUT2D eigenvalue weighted by Gasteiger charge is 2.18. The van der Waals surface area contributed by atoms with Crippen LogP contribution in [0.2, 0.25) is 0 Å². The molecule has 1 unspecified atom stereocenters. The van der Waals surface area contributed by atoms with Gasteiger partial charge in [0.05, 0.1) is 7.11 Å². The third-order valence-corrected chi connectivity index (χ3v) is 3.17. The minimum atomic E-state index is -0.739. The van der Waals surface area contributed by atoms with E-state index in [2.05, 4.69) is 5.32 Å². The van der Waals surface area contributed by atoms with E-state index in [1.807, 2.05) is 13.0 Å². The molecule has 0 aliphatic carbocycles. The van der Waals surface area contributed by atoms with Gasteiger partial charge in [0.25, 0.3) is 0 Å². The van der Waals surface area contributed by atoms with Crippen LogP contribution >= 0.6 is 0 Å². The van der Waals surface area contributed by atoms with Gasteiger partial charge in [0.15, 0.2) is 0 Å². The van der Waals surface area contributed by atoms with Gasteiger partial charge in [0.2, 0.25) is 5.91 Å². The number of nitrogens with one attached hydrogen (secondary N) is 1. The molecular formula is C16H17FN2O2. The number of benzene rings is 2. The molecule has 0 aromatic heterocycles. The molecule has 0 saturated heterocycles. The predicted molar refractivity (Wildman–Crippen MR) is 79.7 cm³/mol. The molecule has 2 aromatic rings. The molecule has 1 amide bonds. The number of ether oxygens (including phenoxy) is 1. The van der Waals surface area contributed by atoms with Gasteiger partial charge in [-0.15, -0.1) is 0 Å². The Morgan fingerprint density at radius 1 is 1.29 bits per heavy atom. The zero-order valence-corrected chi connectivity index (χ0v) is 11.9. The van der Waals surface area contributed by atoms with E-state index in [0.717, 1.165) is 11.3 Å².